The van der Waals surface area contributed by atoms with Crippen LogP contribution in [0.2, 0.25) is 0 Å². The third kappa shape index (κ3) is 11.0. The monoisotopic (exact) mass is 777 g/mol. The molecule has 2 aliphatic rings. The Hall–Kier alpha value is -5.65. The lowest BCUT2D eigenvalue weighted by Crippen LogP contribution is -2.53. The van der Waals surface area contributed by atoms with Crippen molar-refractivity contribution in [1.82, 2.24) is 20.9 Å². The van der Waals surface area contributed by atoms with E-state index < -0.39 is 41.7 Å². The number of aryl methyl sites for hydroxylation is 1. The summed E-state index contributed by atoms with van der Waals surface area (Å²) in [6.45, 7) is 7.64. The van der Waals surface area contributed by atoms with Gasteiger partial charge in [-0.05, 0) is 99.2 Å². The van der Waals surface area contributed by atoms with Crippen molar-refractivity contribution in [2.45, 2.75) is 109 Å². The van der Waals surface area contributed by atoms with Crippen molar-refractivity contribution in [3.8, 4) is 11.1 Å². The highest BCUT2D eigenvalue weighted by Gasteiger charge is 2.32. The number of carbonyl (C=O) groups is 4. The maximum atomic E-state index is 14.2. The average molecular weight is 778 g/mol. The van der Waals surface area contributed by atoms with Gasteiger partial charge in [0.15, 0.2) is 0 Å². The van der Waals surface area contributed by atoms with Gasteiger partial charge >= 0.3 is 12.2 Å². The molecule has 2 atom stereocenters. The Balaban J connectivity index is 1.15. The summed E-state index contributed by atoms with van der Waals surface area (Å²) in [6, 6.07) is 21.1. The minimum Gasteiger partial charge on any atom is -0.449 e. The lowest BCUT2D eigenvalue weighted by Gasteiger charge is -2.28. The maximum Gasteiger partial charge on any atom is 0.407 e. The molecule has 1 saturated carbocycles. The number of pyridine rings is 1. The molecule has 0 spiro atoms. The zero-order valence-electron chi connectivity index (χ0n) is 33.4. The van der Waals surface area contributed by atoms with Crippen LogP contribution < -0.4 is 26.8 Å². The van der Waals surface area contributed by atoms with Crippen LogP contribution in [0.4, 0.5) is 15.3 Å². The SMILES string of the molecule is Cc1cc(=O)[nH]c2cc(NC(=O)C(CCCCNC(=O)OC(C)(C)C)NC(=O)C(CC3CCCCC3)NC(=O)OCC3c4ccccc4-c4ccccc43)ccc12. The van der Waals surface area contributed by atoms with Gasteiger partial charge < -0.3 is 35.7 Å². The molecule has 2 unspecified atom stereocenters. The molecule has 0 radical (unpaired) electrons. The molecule has 4 amide bonds. The first-order chi connectivity index (χ1) is 27.3. The van der Waals surface area contributed by atoms with Crippen LogP contribution in [0.3, 0.4) is 0 Å². The number of hydrogen-bond acceptors (Lipinski definition) is 7. The minimum absolute atomic E-state index is 0.108. The summed E-state index contributed by atoms with van der Waals surface area (Å²) in [6.07, 6.45) is 5.64. The Labute approximate surface area is 333 Å². The second-order valence-corrected chi connectivity index (χ2v) is 16.3. The normalized spacial score (nSPS) is 15.2. The second kappa shape index (κ2) is 18.5. The summed E-state index contributed by atoms with van der Waals surface area (Å²) in [5.74, 6) is -0.823. The summed E-state index contributed by atoms with van der Waals surface area (Å²) in [4.78, 5) is 68.8. The average Bonchev–Trinajstić information content (AvgIpc) is 3.49. The first kappa shape index (κ1) is 41.0. The van der Waals surface area contributed by atoms with Crippen molar-refractivity contribution in [2.75, 3.05) is 18.5 Å². The highest BCUT2D eigenvalue weighted by molar-refractivity contribution is 5.99. The lowest BCUT2D eigenvalue weighted by atomic mass is 9.84. The Morgan fingerprint density at radius 3 is 2.18 bits per heavy atom. The highest BCUT2D eigenvalue weighted by atomic mass is 16.6. The fraction of sp³-hybridized carbons (Fsp3) is 0.444. The van der Waals surface area contributed by atoms with E-state index in [1.54, 1.807) is 32.9 Å². The fourth-order valence-electron chi connectivity index (χ4n) is 8.03. The predicted molar refractivity (Wildman–Crippen MR) is 221 cm³/mol. The number of nitrogens with one attached hydrogen (secondary N) is 5. The van der Waals surface area contributed by atoms with Crippen molar-refractivity contribution in [2.24, 2.45) is 5.92 Å². The van der Waals surface area contributed by atoms with Crippen LogP contribution in [-0.4, -0.2) is 59.8 Å². The first-order valence-electron chi connectivity index (χ1n) is 20.2. The van der Waals surface area contributed by atoms with Gasteiger partial charge in [0.05, 0.1) is 5.52 Å². The van der Waals surface area contributed by atoms with Crippen molar-refractivity contribution < 1.29 is 28.7 Å². The standard InChI is InChI=1S/C45H55N5O7/c1-28-24-40(51)48-38-26-30(21-22-31(28)38)47-41(52)37(20-12-13-23-46-43(54)57-45(2,3)4)49-42(53)39(25-29-14-6-5-7-15-29)50-44(55)56-27-36-34-18-10-8-16-32(34)33-17-9-11-19-35(33)36/h8-11,16-19,21-22,24,26,29,36-37,39H,5-7,12-15,20,23,25,27H2,1-4H3,(H,46,54)(H,47,52)(H,48,51)(H,49,53)(H,50,55). The van der Waals surface area contributed by atoms with E-state index in [0.717, 1.165) is 65.3 Å². The molecule has 0 saturated heterocycles. The van der Waals surface area contributed by atoms with Gasteiger partial charge in [-0.2, -0.15) is 0 Å². The number of alkyl carbamates (subject to hydrolysis) is 2. The van der Waals surface area contributed by atoms with E-state index in [1.165, 1.54) is 6.07 Å². The zero-order chi connectivity index (χ0) is 40.5. The number of H-pyrrole nitrogens is 1. The number of carbonyl (C=O) groups excluding carboxylic acids is 4. The Bertz CT molecular complexity index is 2090. The molecule has 0 bridgehead atoms. The number of anilines is 1. The van der Waals surface area contributed by atoms with E-state index in [2.05, 4.69) is 50.5 Å². The predicted octanol–water partition coefficient (Wildman–Crippen LogP) is 7.83. The number of hydrogen-bond donors (Lipinski definition) is 5. The molecule has 12 heteroatoms. The first-order valence-corrected chi connectivity index (χ1v) is 20.2. The van der Waals surface area contributed by atoms with Crippen LogP contribution in [-0.2, 0) is 19.1 Å². The second-order valence-electron chi connectivity index (χ2n) is 16.3. The van der Waals surface area contributed by atoms with Crippen LogP contribution in [0.25, 0.3) is 22.0 Å². The van der Waals surface area contributed by atoms with Gasteiger partial charge in [0, 0.05) is 29.6 Å². The molecule has 2 aliphatic carbocycles. The van der Waals surface area contributed by atoms with Crippen LogP contribution in [0.5, 0.6) is 0 Å². The number of rotatable bonds is 14. The van der Waals surface area contributed by atoms with Crippen molar-refractivity contribution in [3.63, 3.8) is 0 Å². The van der Waals surface area contributed by atoms with Gasteiger partial charge in [-0.3, -0.25) is 14.4 Å². The number of amides is 4. The van der Waals surface area contributed by atoms with Crippen molar-refractivity contribution in [3.05, 3.63) is 99.8 Å². The Morgan fingerprint density at radius 1 is 0.807 bits per heavy atom. The minimum atomic E-state index is -0.968. The lowest BCUT2D eigenvalue weighted by molar-refractivity contribution is -0.128. The number of unbranched alkanes of at least 4 members (excludes halogenated alkanes) is 1. The Kier molecular flexibility index (Phi) is 13.3. The summed E-state index contributed by atoms with van der Waals surface area (Å²) in [5, 5.41) is 12.3. The molecular formula is C45H55N5O7. The summed E-state index contributed by atoms with van der Waals surface area (Å²) in [7, 11) is 0. The highest BCUT2D eigenvalue weighted by Crippen LogP contribution is 2.44. The smallest absolute Gasteiger partial charge is 0.407 e. The molecule has 6 rings (SSSR count). The zero-order valence-corrected chi connectivity index (χ0v) is 33.4. The van der Waals surface area contributed by atoms with E-state index in [9.17, 15) is 24.0 Å². The largest absolute Gasteiger partial charge is 0.449 e. The van der Waals surface area contributed by atoms with E-state index in [0.29, 0.717) is 37.0 Å². The van der Waals surface area contributed by atoms with Crippen LogP contribution >= 0.6 is 0 Å². The number of fused-ring (bicyclic) bond motifs is 4. The fourth-order valence-corrected chi connectivity index (χ4v) is 8.03. The topological polar surface area (TPSA) is 168 Å². The van der Waals surface area contributed by atoms with Gasteiger partial charge in [0.2, 0.25) is 17.4 Å². The molecule has 4 aromatic rings. The third-order valence-electron chi connectivity index (χ3n) is 10.8. The number of ether oxygens (including phenoxy) is 2. The quantitative estimate of drug-likeness (QED) is 0.0814. The summed E-state index contributed by atoms with van der Waals surface area (Å²) in [5.41, 5.74) is 5.38. The molecular weight excluding hydrogens is 723 g/mol. The molecule has 1 aromatic heterocycles. The number of benzene rings is 3. The molecule has 57 heavy (non-hydrogen) atoms. The molecule has 5 N–H and O–H groups in total. The van der Waals surface area contributed by atoms with Crippen LogP contribution in [0.15, 0.2) is 77.6 Å². The molecule has 1 heterocycles. The van der Waals surface area contributed by atoms with Gasteiger partial charge in [-0.15, -0.1) is 0 Å². The summed E-state index contributed by atoms with van der Waals surface area (Å²) >= 11 is 0. The van der Waals surface area contributed by atoms with Gasteiger partial charge in [-0.25, -0.2) is 9.59 Å². The van der Waals surface area contributed by atoms with Gasteiger partial charge in [-0.1, -0.05) is 86.7 Å². The van der Waals surface area contributed by atoms with Crippen LogP contribution in [0.1, 0.15) is 101 Å². The summed E-state index contributed by atoms with van der Waals surface area (Å²) < 4.78 is 11.2. The van der Waals surface area contributed by atoms with E-state index in [-0.39, 0.29) is 30.4 Å². The molecule has 0 aliphatic heterocycles. The van der Waals surface area contributed by atoms with Crippen LogP contribution in [0, 0.1) is 12.8 Å². The molecule has 12 nitrogen and oxygen atoms in total. The van der Waals surface area contributed by atoms with Gasteiger partial charge in [0.25, 0.3) is 0 Å². The molecule has 1 fully saturated rings. The Morgan fingerprint density at radius 2 is 1.49 bits per heavy atom. The third-order valence-corrected chi connectivity index (χ3v) is 10.8. The van der Waals surface area contributed by atoms with Crippen molar-refractivity contribution >= 4 is 40.6 Å². The number of aromatic amines is 1. The maximum absolute atomic E-state index is 14.2. The number of aromatic nitrogens is 1. The van der Waals surface area contributed by atoms with E-state index in [4.69, 9.17) is 9.47 Å². The molecule has 3 aromatic carbocycles. The van der Waals surface area contributed by atoms with Crippen molar-refractivity contribution in [1.29, 1.82) is 0 Å². The van der Waals surface area contributed by atoms with E-state index in [1.807, 2.05) is 37.3 Å². The molecule has 302 valence electrons. The van der Waals surface area contributed by atoms with E-state index >= 15 is 0 Å². The van der Waals surface area contributed by atoms with Gasteiger partial charge in [0.1, 0.15) is 24.3 Å².